The van der Waals surface area contributed by atoms with Crippen molar-refractivity contribution in [1.82, 2.24) is 5.32 Å². The second-order valence-corrected chi connectivity index (χ2v) is 7.62. The second-order valence-electron chi connectivity index (χ2n) is 7.21. The van der Waals surface area contributed by atoms with Gasteiger partial charge < -0.3 is 10.2 Å². The molecule has 0 aromatic heterocycles. The van der Waals surface area contributed by atoms with Crippen molar-refractivity contribution in [3.8, 4) is 0 Å². The van der Waals surface area contributed by atoms with Crippen molar-refractivity contribution in [2.24, 2.45) is 11.8 Å². The lowest BCUT2D eigenvalue weighted by Gasteiger charge is -2.26. The molecule has 2 rings (SSSR count). The molecule has 1 N–H and O–H groups in total. The number of hydrogen-bond donors (Lipinski definition) is 1. The predicted octanol–water partition coefficient (Wildman–Crippen LogP) is 4.32. The Balaban J connectivity index is 2.23. The lowest BCUT2D eigenvalue weighted by atomic mass is 10.0. The summed E-state index contributed by atoms with van der Waals surface area (Å²) in [7, 11) is 0. The number of nitrogens with one attached hydrogen (secondary N) is 1. The average Bonchev–Trinajstić information content (AvgIpc) is 2.65. The second kappa shape index (κ2) is 5.95. The first-order valence-electron chi connectivity index (χ1n) is 7.55. The summed E-state index contributed by atoms with van der Waals surface area (Å²) in [5.74, 6) is 1.46. The van der Waals surface area contributed by atoms with Crippen LogP contribution < -0.4 is 10.2 Å². The van der Waals surface area contributed by atoms with Gasteiger partial charge in [-0.05, 0) is 44.2 Å². The van der Waals surface area contributed by atoms with Gasteiger partial charge in [0.15, 0.2) is 0 Å². The van der Waals surface area contributed by atoms with Crippen LogP contribution in [0.15, 0.2) is 18.2 Å². The van der Waals surface area contributed by atoms with Crippen molar-refractivity contribution in [2.45, 2.75) is 46.7 Å². The Bertz CT molecular complexity index is 455. The molecule has 0 radical (unpaired) electrons. The van der Waals surface area contributed by atoms with Gasteiger partial charge in [-0.1, -0.05) is 37.6 Å². The molecule has 1 heterocycles. The molecule has 2 unspecified atom stereocenters. The van der Waals surface area contributed by atoms with E-state index in [2.05, 4.69) is 57.0 Å². The van der Waals surface area contributed by atoms with Gasteiger partial charge in [-0.25, -0.2) is 0 Å². The molecule has 0 spiro atoms. The lowest BCUT2D eigenvalue weighted by Crippen LogP contribution is -2.35. The molecule has 20 heavy (non-hydrogen) atoms. The van der Waals surface area contributed by atoms with Crippen molar-refractivity contribution in [3.63, 3.8) is 0 Å². The van der Waals surface area contributed by atoms with Crippen LogP contribution in [-0.2, 0) is 6.54 Å². The molecule has 3 heteroatoms. The van der Waals surface area contributed by atoms with E-state index in [4.69, 9.17) is 11.6 Å². The first kappa shape index (κ1) is 15.7. The largest absolute Gasteiger partial charge is 0.370 e. The van der Waals surface area contributed by atoms with Gasteiger partial charge in [-0.3, -0.25) is 0 Å². The lowest BCUT2D eigenvalue weighted by molar-refractivity contribution is 0.424. The molecule has 0 saturated carbocycles. The number of rotatable bonds is 3. The molecule has 1 aromatic rings. The fraction of sp³-hybridized carbons (Fsp3) is 0.647. The normalized spacial score (nSPS) is 23.4. The van der Waals surface area contributed by atoms with E-state index in [0.717, 1.165) is 36.5 Å². The smallest absolute Gasteiger partial charge is 0.0642 e. The van der Waals surface area contributed by atoms with E-state index in [9.17, 15) is 0 Å². The molecule has 0 aliphatic carbocycles. The zero-order valence-corrected chi connectivity index (χ0v) is 14.1. The Morgan fingerprint density at radius 3 is 2.35 bits per heavy atom. The molecule has 0 amide bonds. The van der Waals surface area contributed by atoms with Gasteiger partial charge in [-0.15, -0.1) is 0 Å². The summed E-state index contributed by atoms with van der Waals surface area (Å²) in [6, 6.07) is 6.24. The molecule has 1 aliphatic rings. The number of hydrogen-bond acceptors (Lipinski definition) is 2. The SMILES string of the molecule is CC1CN(c2c(Cl)cccc2CNC(C)(C)C)CC1C. The predicted molar refractivity (Wildman–Crippen MR) is 88.6 cm³/mol. The van der Waals surface area contributed by atoms with Gasteiger partial charge in [-0.2, -0.15) is 0 Å². The van der Waals surface area contributed by atoms with E-state index in [1.165, 1.54) is 11.3 Å². The van der Waals surface area contributed by atoms with Gasteiger partial charge >= 0.3 is 0 Å². The fourth-order valence-electron chi connectivity index (χ4n) is 2.73. The number of anilines is 1. The summed E-state index contributed by atoms with van der Waals surface area (Å²) in [4.78, 5) is 2.46. The summed E-state index contributed by atoms with van der Waals surface area (Å²) < 4.78 is 0. The van der Waals surface area contributed by atoms with Gasteiger partial charge in [0, 0.05) is 25.2 Å². The van der Waals surface area contributed by atoms with Crippen LogP contribution in [-0.4, -0.2) is 18.6 Å². The van der Waals surface area contributed by atoms with E-state index >= 15 is 0 Å². The summed E-state index contributed by atoms with van der Waals surface area (Å²) in [6.45, 7) is 14.3. The van der Waals surface area contributed by atoms with Crippen LogP contribution in [0.1, 0.15) is 40.2 Å². The standard InChI is InChI=1S/C17H27ClN2/c1-12-10-20(11-13(12)2)16-14(7-6-8-15(16)18)9-19-17(3,4)5/h6-8,12-13,19H,9-11H2,1-5H3. The summed E-state index contributed by atoms with van der Waals surface area (Å²) in [5.41, 5.74) is 2.64. The first-order valence-corrected chi connectivity index (χ1v) is 7.93. The maximum Gasteiger partial charge on any atom is 0.0642 e. The molecule has 2 atom stereocenters. The minimum atomic E-state index is 0.116. The van der Waals surface area contributed by atoms with Gasteiger partial charge in [0.2, 0.25) is 0 Å². The quantitative estimate of drug-likeness (QED) is 0.893. The summed E-state index contributed by atoms with van der Waals surface area (Å²) in [5, 5.41) is 4.44. The molecule has 1 aromatic carbocycles. The maximum absolute atomic E-state index is 6.49. The minimum absolute atomic E-state index is 0.116. The average molecular weight is 295 g/mol. The zero-order chi connectivity index (χ0) is 14.9. The molecule has 2 nitrogen and oxygen atoms in total. The molecule has 1 aliphatic heterocycles. The van der Waals surface area contributed by atoms with Gasteiger partial charge in [0.05, 0.1) is 10.7 Å². The van der Waals surface area contributed by atoms with Crippen molar-refractivity contribution < 1.29 is 0 Å². The molecule has 1 fully saturated rings. The van der Waals surface area contributed by atoms with Crippen LogP contribution in [0.3, 0.4) is 0 Å². The molecule has 112 valence electrons. The van der Waals surface area contributed by atoms with Crippen LogP contribution in [0, 0.1) is 11.8 Å². The molecule has 0 bridgehead atoms. The molecular weight excluding hydrogens is 268 g/mol. The van der Waals surface area contributed by atoms with Crippen molar-refractivity contribution >= 4 is 17.3 Å². The fourth-order valence-corrected chi connectivity index (χ4v) is 3.04. The maximum atomic E-state index is 6.49. The number of nitrogens with zero attached hydrogens (tertiary/aromatic N) is 1. The Morgan fingerprint density at radius 1 is 1.20 bits per heavy atom. The third-order valence-electron chi connectivity index (χ3n) is 4.18. The highest BCUT2D eigenvalue weighted by atomic mass is 35.5. The number of halogens is 1. The van der Waals surface area contributed by atoms with Crippen molar-refractivity contribution in [2.75, 3.05) is 18.0 Å². The highest BCUT2D eigenvalue weighted by Gasteiger charge is 2.28. The Labute approximate surface area is 128 Å². The number of benzene rings is 1. The van der Waals surface area contributed by atoms with Crippen LogP contribution in [0.5, 0.6) is 0 Å². The van der Waals surface area contributed by atoms with Crippen molar-refractivity contribution in [3.05, 3.63) is 28.8 Å². The highest BCUT2D eigenvalue weighted by molar-refractivity contribution is 6.33. The first-order chi connectivity index (χ1) is 9.28. The minimum Gasteiger partial charge on any atom is -0.370 e. The Morgan fingerprint density at radius 2 is 1.80 bits per heavy atom. The van der Waals surface area contributed by atoms with Gasteiger partial charge in [0.1, 0.15) is 0 Å². The highest BCUT2D eigenvalue weighted by Crippen LogP contribution is 2.35. The van der Waals surface area contributed by atoms with E-state index in [0.29, 0.717) is 0 Å². The van der Waals surface area contributed by atoms with E-state index in [1.807, 2.05) is 6.07 Å². The van der Waals surface area contributed by atoms with Crippen LogP contribution in [0.2, 0.25) is 5.02 Å². The van der Waals surface area contributed by atoms with Gasteiger partial charge in [0.25, 0.3) is 0 Å². The van der Waals surface area contributed by atoms with Crippen molar-refractivity contribution in [1.29, 1.82) is 0 Å². The third kappa shape index (κ3) is 3.67. The summed E-state index contributed by atoms with van der Waals surface area (Å²) in [6.07, 6.45) is 0. The monoisotopic (exact) mass is 294 g/mol. The van der Waals surface area contributed by atoms with E-state index in [1.54, 1.807) is 0 Å². The summed E-state index contributed by atoms with van der Waals surface area (Å²) >= 11 is 6.49. The van der Waals surface area contributed by atoms with E-state index < -0.39 is 0 Å². The number of para-hydroxylation sites is 1. The molecule has 1 saturated heterocycles. The topological polar surface area (TPSA) is 15.3 Å². The zero-order valence-electron chi connectivity index (χ0n) is 13.3. The van der Waals surface area contributed by atoms with Crippen LogP contribution in [0.25, 0.3) is 0 Å². The van der Waals surface area contributed by atoms with Crippen LogP contribution >= 0.6 is 11.6 Å². The molecular formula is C17H27ClN2. The Kier molecular flexibility index (Phi) is 4.66. The third-order valence-corrected chi connectivity index (χ3v) is 4.49. The van der Waals surface area contributed by atoms with E-state index in [-0.39, 0.29) is 5.54 Å². The van der Waals surface area contributed by atoms with Crippen LogP contribution in [0.4, 0.5) is 5.69 Å². The Hall–Kier alpha value is -0.730.